The normalized spacial score (nSPS) is 8.67. The minimum Gasteiger partial charge on any atom is -0.462 e. The fraction of sp³-hybridized carbons (Fsp3) is 0.909. The summed E-state index contributed by atoms with van der Waals surface area (Å²) in [6.45, 7) is 4.74. The summed E-state index contributed by atoms with van der Waals surface area (Å²) in [4.78, 5) is 11.1. The monoisotopic (exact) mass is 228 g/mol. The van der Waals surface area contributed by atoms with E-state index >= 15 is 0 Å². The summed E-state index contributed by atoms with van der Waals surface area (Å²) < 4.78 is 25.7. The summed E-state index contributed by atoms with van der Waals surface area (Å²) in [5.41, 5.74) is -0.477. The highest BCUT2D eigenvalue weighted by Gasteiger charge is 2.26. The van der Waals surface area contributed by atoms with E-state index < -0.39 is 12.1 Å². The summed E-state index contributed by atoms with van der Waals surface area (Å²) in [5, 5.41) is 0. The molecule has 0 atom stereocenters. The predicted molar refractivity (Wildman–Crippen MR) is 61.5 cm³/mol. The van der Waals surface area contributed by atoms with Crippen LogP contribution in [0.15, 0.2) is 0 Å². The van der Waals surface area contributed by atoms with Crippen LogP contribution in [0.1, 0.15) is 42.0 Å². The number of hydrogen-bond donors (Lipinski definition) is 0. The average Bonchev–Trinajstić information content (AvgIpc) is 2.17. The van der Waals surface area contributed by atoms with Gasteiger partial charge in [0.2, 0.25) is 0 Å². The molecular formula is C11H26F2O2. The average molecular weight is 228 g/mol. The Morgan fingerprint density at radius 3 is 1.93 bits per heavy atom. The summed E-state index contributed by atoms with van der Waals surface area (Å²) >= 11 is 0. The van der Waals surface area contributed by atoms with Crippen molar-refractivity contribution in [3.8, 4) is 0 Å². The van der Waals surface area contributed by atoms with Crippen LogP contribution < -0.4 is 0 Å². The largest absolute Gasteiger partial charge is 0.462 e. The maximum Gasteiger partial charge on any atom is 0.311 e. The van der Waals surface area contributed by atoms with Crippen molar-refractivity contribution in [1.82, 2.24) is 0 Å². The Morgan fingerprint density at radius 2 is 1.67 bits per heavy atom. The first kappa shape index (κ1) is 23.9. The molecule has 0 heterocycles. The van der Waals surface area contributed by atoms with Gasteiger partial charge >= 0.3 is 5.97 Å². The number of halogens is 2. The number of alkyl halides is 2. The molecular weight excluding hydrogens is 202 g/mol. The van der Waals surface area contributed by atoms with Crippen molar-refractivity contribution >= 4 is 5.97 Å². The van der Waals surface area contributed by atoms with Crippen LogP contribution in [0.5, 0.6) is 0 Å². The van der Waals surface area contributed by atoms with Gasteiger partial charge in [-0.15, -0.1) is 0 Å². The predicted octanol–water partition coefficient (Wildman–Crippen LogP) is 3.79. The Balaban J connectivity index is -0.000000142. The minimum absolute atomic E-state index is 0. The summed E-state index contributed by atoms with van der Waals surface area (Å²) in [6.07, 6.45) is 0.706. The molecule has 0 N–H and O–H groups in total. The van der Waals surface area contributed by atoms with Gasteiger partial charge in [-0.2, -0.15) is 0 Å². The second-order valence-electron chi connectivity index (χ2n) is 3.06. The SMILES string of the molecule is C.C.CCC(C)(C)C(=O)OCCF.CF. The molecule has 0 amide bonds. The molecule has 15 heavy (non-hydrogen) atoms. The van der Waals surface area contributed by atoms with Crippen LogP contribution in [-0.2, 0) is 9.53 Å². The molecule has 0 aromatic heterocycles. The Hall–Kier alpha value is -0.670. The van der Waals surface area contributed by atoms with Crippen LogP contribution in [0, 0.1) is 5.41 Å². The van der Waals surface area contributed by atoms with Crippen LogP contribution in [0.2, 0.25) is 0 Å². The standard InChI is InChI=1S/C8H15FO2.CH3F.2CH4/c1-4-8(2,3)7(10)11-6-5-9;1-2;;/h4-6H2,1-3H3;1H3;2*1H4. The van der Waals surface area contributed by atoms with E-state index in [2.05, 4.69) is 4.74 Å². The molecule has 0 saturated heterocycles. The van der Waals surface area contributed by atoms with Gasteiger partial charge in [-0.25, -0.2) is 4.39 Å². The first-order chi connectivity index (χ1) is 6.04. The number of esters is 1. The smallest absolute Gasteiger partial charge is 0.311 e. The zero-order valence-electron chi connectivity index (χ0n) is 8.69. The third-order valence-electron chi connectivity index (χ3n) is 1.75. The van der Waals surface area contributed by atoms with Crippen molar-refractivity contribution < 1.29 is 18.3 Å². The molecule has 0 aliphatic heterocycles. The summed E-state index contributed by atoms with van der Waals surface area (Å²) in [7, 11) is 0.500. The van der Waals surface area contributed by atoms with Gasteiger partial charge in [-0.1, -0.05) is 21.8 Å². The van der Waals surface area contributed by atoms with Gasteiger partial charge < -0.3 is 4.74 Å². The second-order valence-corrected chi connectivity index (χ2v) is 3.06. The lowest BCUT2D eigenvalue weighted by atomic mass is 9.91. The van der Waals surface area contributed by atoms with Crippen molar-refractivity contribution in [1.29, 1.82) is 0 Å². The quantitative estimate of drug-likeness (QED) is 0.684. The highest BCUT2D eigenvalue weighted by Crippen LogP contribution is 2.21. The van der Waals surface area contributed by atoms with Gasteiger partial charge in [-0.3, -0.25) is 9.18 Å². The van der Waals surface area contributed by atoms with Gasteiger partial charge in [0.1, 0.15) is 13.3 Å². The fourth-order valence-electron chi connectivity index (χ4n) is 0.471. The van der Waals surface area contributed by atoms with E-state index in [1.807, 2.05) is 6.92 Å². The first-order valence-electron chi connectivity index (χ1n) is 4.15. The molecule has 0 aromatic carbocycles. The molecule has 0 aliphatic carbocycles. The van der Waals surface area contributed by atoms with Crippen molar-refractivity contribution in [3.05, 3.63) is 0 Å². The highest BCUT2D eigenvalue weighted by atomic mass is 19.1. The molecule has 0 aliphatic rings. The van der Waals surface area contributed by atoms with E-state index in [1.54, 1.807) is 13.8 Å². The number of ether oxygens (including phenoxy) is 1. The highest BCUT2D eigenvalue weighted by molar-refractivity contribution is 5.75. The summed E-state index contributed by atoms with van der Waals surface area (Å²) in [5.74, 6) is -0.322. The van der Waals surface area contributed by atoms with Crippen molar-refractivity contribution in [3.63, 3.8) is 0 Å². The van der Waals surface area contributed by atoms with Crippen LogP contribution >= 0.6 is 0 Å². The van der Waals surface area contributed by atoms with Crippen LogP contribution in [0.3, 0.4) is 0 Å². The van der Waals surface area contributed by atoms with E-state index in [-0.39, 0.29) is 27.4 Å². The van der Waals surface area contributed by atoms with Gasteiger partial charge in [0.15, 0.2) is 0 Å². The molecule has 0 saturated carbocycles. The Labute approximate surface area is 93.0 Å². The summed E-state index contributed by atoms with van der Waals surface area (Å²) in [6, 6.07) is 0. The molecule has 0 unspecified atom stereocenters. The number of carbonyl (C=O) groups excluding carboxylic acids is 1. The molecule has 0 bridgehead atoms. The molecule has 4 heteroatoms. The Kier molecular flexibility index (Phi) is 21.2. The van der Waals surface area contributed by atoms with Crippen molar-refractivity contribution in [2.24, 2.45) is 5.41 Å². The van der Waals surface area contributed by atoms with E-state index in [1.165, 1.54) is 0 Å². The number of carbonyl (C=O) groups is 1. The zero-order valence-corrected chi connectivity index (χ0v) is 8.69. The molecule has 0 fully saturated rings. The number of rotatable bonds is 4. The van der Waals surface area contributed by atoms with E-state index in [0.717, 1.165) is 0 Å². The van der Waals surface area contributed by atoms with E-state index in [0.29, 0.717) is 13.6 Å². The molecule has 0 spiro atoms. The Bertz CT molecular complexity index is 137. The van der Waals surface area contributed by atoms with Gasteiger partial charge in [0, 0.05) is 0 Å². The lowest BCUT2D eigenvalue weighted by Crippen LogP contribution is -2.26. The molecule has 0 rings (SSSR count). The van der Waals surface area contributed by atoms with Gasteiger partial charge in [-0.05, 0) is 20.3 Å². The lowest BCUT2D eigenvalue weighted by molar-refractivity contribution is -0.154. The van der Waals surface area contributed by atoms with Crippen LogP contribution in [0.25, 0.3) is 0 Å². The minimum atomic E-state index is -0.606. The maximum atomic E-state index is 11.6. The van der Waals surface area contributed by atoms with Crippen molar-refractivity contribution in [2.75, 3.05) is 20.5 Å². The van der Waals surface area contributed by atoms with Crippen molar-refractivity contribution in [2.45, 2.75) is 42.0 Å². The van der Waals surface area contributed by atoms with Gasteiger partial charge in [0.05, 0.1) is 12.6 Å². The lowest BCUT2D eigenvalue weighted by Gasteiger charge is -2.19. The third kappa shape index (κ3) is 11.3. The Morgan fingerprint density at radius 1 is 1.27 bits per heavy atom. The van der Waals surface area contributed by atoms with E-state index in [4.69, 9.17) is 0 Å². The molecule has 0 radical (unpaired) electrons. The first-order valence-corrected chi connectivity index (χ1v) is 4.15. The van der Waals surface area contributed by atoms with Crippen LogP contribution in [0.4, 0.5) is 8.78 Å². The van der Waals surface area contributed by atoms with Crippen LogP contribution in [-0.4, -0.2) is 26.4 Å². The maximum absolute atomic E-state index is 11.6. The molecule has 0 aromatic rings. The third-order valence-corrected chi connectivity index (χ3v) is 1.75. The topological polar surface area (TPSA) is 26.3 Å². The zero-order chi connectivity index (χ0) is 10.9. The second kappa shape index (κ2) is 13.3. The van der Waals surface area contributed by atoms with E-state index in [9.17, 15) is 13.6 Å². The fourth-order valence-corrected chi connectivity index (χ4v) is 0.471. The molecule has 96 valence electrons. The molecule has 2 nitrogen and oxygen atoms in total. The number of hydrogen-bond acceptors (Lipinski definition) is 2. The van der Waals surface area contributed by atoms with Gasteiger partial charge in [0.25, 0.3) is 0 Å².